The molecule has 35 heavy (non-hydrogen) atoms. The Hall–Kier alpha value is -2.16. The Balaban J connectivity index is 1.39. The molecule has 0 aliphatic heterocycles. The van der Waals surface area contributed by atoms with Crippen LogP contribution in [0.3, 0.4) is 0 Å². The topological polar surface area (TPSA) is 39.2 Å². The number of carbonyl (C=O) groups is 1. The van der Waals surface area contributed by atoms with E-state index in [0.29, 0.717) is 5.75 Å². The number of nitrogens with zero attached hydrogens (tertiary/aromatic N) is 1. The zero-order chi connectivity index (χ0) is 24.7. The fourth-order valence-electron chi connectivity index (χ4n) is 5.29. The molecule has 0 spiro atoms. The smallest absolute Gasteiger partial charge is 0.314 e. The summed E-state index contributed by atoms with van der Waals surface area (Å²) in [4.78, 5) is 17.4. The highest BCUT2D eigenvalue weighted by molar-refractivity contribution is 5.75. The lowest BCUT2D eigenvalue weighted by Gasteiger charge is -2.27. The SMILES string of the molecule is CCCCCCCCc1ccc(-c2ccc(OC(=O)[C@H]3CC[C@H](CCCCCC)CC3)cc2)nc1. The van der Waals surface area contributed by atoms with E-state index in [9.17, 15) is 4.79 Å². The highest BCUT2D eigenvalue weighted by Crippen LogP contribution is 2.33. The molecule has 0 unspecified atom stereocenters. The largest absolute Gasteiger partial charge is 0.426 e. The maximum absolute atomic E-state index is 12.7. The first kappa shape index (κ1) is 27.4. The Morgan fingerprint density at radius 3 is 2.11 bits per heavy atom. The number of carbonyl (C=O) groups excluding carboxylic acids is 1. The summed E-state index contributed by atoms with van der Waals surface area (Å²) in [6.45, 7) is 4.52. The Bertz CT molecular complexity index is 835. The van der Waals surface area contributed by atoms with Crippen LogP contribution in [0.15, 0.2) is 42.6 Å². The molecule has 1 heterocycles. The van der Waals surface area contributed by atoms with Gasteiger partial charge in [-0.3, -0.25) is 9.78 Å². The molecule has 3 rings (SSSR count). The number of unbranched alkanes of at least 4 members (excludes halogenated alkanes) is 8. The number of hydrogen-bond donors (Lipinski definition) is 0. The van der Waals surface area contributed by atoms with Crippen LogP contribution >= 0.6 is 0 Å². The van der Waals surface area contributed by atoms with Crippen molar-refractivity contribution >= 4 is 5.97 Å². The first-order valence-corrected chi connectivity index (χ1v) is 14.5. The van der Waals surface area contributed by atoms with E-state index in [4.69, 9.17) is 4.74 Å². The summed E-state index contributed by atoms with van der Waals surface area (Å²) in [6.07, 6.45) is 22.0. The van der Waals surface area contributed by atoms with Gasteiger partial charge in [0, 0.05) is 11.8 Å². The van der Waals surface area contributed by atoms with Gasteiger partial charge in [-0.2, -0.15) is 0 Å². The summed E-state index contributed by atoms with van der Waals surface area (Å²) >= 11 is 0. The minimum Gasteiger partial charge on any atom is -0.426 e. The lowest BCUT2D eigenvalue weighted by Crippen LogP contribution is -2.25. The minimum atomic E-state index is -0.0562. The van der Waals surface area contributed by atoms with Crippen LogP contribution in [0.1, 0.15) is 116 Å². The summed E-state index contributed by atoms with van der Waals surface area (Å²) in [6, 6.07) is 12.1. The first-order chi connectivity index (χ1) is 17.2. The van der Waals surface area contributed by atoms with Gasteiger partial charge in [-0.05, 0) is 80.3 Å². The quantitative estimate of drug-likeness (QED) is 0.146. The number of esters is 1. The van der Waals surface area contributed by atoms with E-state index in [1.807, 2.05) is 30.5 Å². The lowest BCUT2D eigenvalue weighted by molar-refractivity contribution is -0.140. The van der Waals surface area contributed by atoms with Crippen molar-refractivity contribution in [3.05, 3.63) is 48.2 Å². The highest BCUT2D eigenvalue weighted by atomic mass is 16.5. The van der Waals surface area contributed by atoms with E-state index in [-0.39, 0.29) is 11.9 Å². The summed E-state index contributed by atoms with van der Waals surface area (Å²) < 4.78 is 5.73. The molecule has 3 nitrogen and oxygen atoms in total. The monoisotopic (exact) mass is 477 g/mol. The van der Waals surface area contributed by atoms with E-state index in [1.165, 1.54) is 89.0 Å². The summed E-state index contributed by atoms with van der Waals surface area (Å²) in [5, 5.41) is 0. The zero-order valence-corrected chi connectivity index (χ0v) is 22.3. The van der Waals surface area contributed by atoms with Gasteiger partial charge in [0.1, 0.15) is 5.75 Å². The van der Waals surface area contributed by atoms with Crippen molar-refractivity contribution in [1.82, 2.24) is 4.98 Å². The molecule has 0 atom stereocenters. The number of ether oxygens (including phenoxy) is 1. The highest BCUT2D eigenvalue weighted by Gasteiger charge is 2.27. The third-order valence-corrected chi connectivity index (χ3v) is 7.66. The third kappa shape index (κ3) is 9.78. The number of pyridine rings is 1. The van der Waals surface area contributed by atoms with Gasteiger partial charge in [0.25, 0.3) is 0 Å². The van der Waals surface area contributed by atoms with Crippen molar-refractivity contribution < 1.29 is 9.53 Å². The van der Waals surface area contributed by atoms with Crippen molar-refractivity contribution in [2.75, 3.05) is 0 Å². The van der Waals surface area contributed by atoms with Gasteiger partial charge in [-0.25, -0.2) is 0 Å². The Labute approximate surface area is 214 Å². The molecule has 1 aromatic carbocycles. The van der Waals surface area contributed by atoms with Gasteiger partial charge in [0.15, 0.2) is 0 Å². The minimum absolute atomic E-state index is 0.0562. The lowest BCUT2D eigenvalue weighted by atomic mass is 9.80. The maximum atomic E-state index is 12.7. The molecule has 0 radical (unpaired) electrons. The second-order valence-corrected chi connectivity index (χ2v) is 10.6. The second-order valence-electron chi connectivity index (χ2n) is 10.6. The number of hydrogen-bond acceptors (Lipinski definition) is 3. The Morgan fingerprint density at radius 2 is 1.46 bits per heavy atom. The van der Waals surface area contributed by atoms with Crippen LogP contribution < -0.4 is 4.74 Å². The molecule has 1 aliphatic rings. The molecular weight excluding hydrogens is 430 g/mol. The molecule has 0 N–H and O–H groups in total. The number of aromatic nitrogens is 1. The predicted molar refractivity (Wildman–Crippen MR) is 147 cm³/mol. The van der Waals surface area contributed by atoms with E-state index < -0.39 is 0 Å². The van der Waals surface area contributed by atoms with E-state index in [1.54, 1.807) is 0 Å². The third-order valence-electron chi connectivity index (χ3n) is 7.66. The standard InChI is InChI=1S/C32H47NO2/c1-3-5-7-9-10-12-14-27-17-24-31(33-25-27)28-20-22-30(23-21-28)35-32(34)29-18-15-26(16-19-29)13-11-8-6-4-2/h17,20-26,29H,3-16,18-19H2,1-2H3/t26-,29-. The molecule has 3 heteroatoms. The molecule has 0 bridgehead atoms. The van der Waals surface area contributed by atoms with Crippen molar-refractivity contribution in [2.24, 2.45) is 11.8 Å². The number of aryl methyl sites for hydroxylation is 1. The molecule has 1 aliphatic carbocycles. The van der Waals surface area contributed by atoms with Gasteiger partial charge < -0.3 is 4.74 Å². The fraction of sp³-hybridized carbons (Fsp3) is 0.625. The maximum Gasteiger partial charge on any atom is 0.314 e. The van der Waals surface area contributed by atoms with Crippen LogP contribution in [0, 0.1) is 11.8 Å². The van der Waals surface area contributed by atoms with Gasteiger partial charge in [-0.1, -0.05) is 84.1 Å². The van der Waals surface area contributed by atoms with Crippen molar-refractivity contribution in [2.45, 2.75) is 117 Å². The molecule has 1 fully saturated rings. The predicted octanol–water partition coefficient (Wildman–Crippen LogP) is 9.33. The van der Waals surface area contributed by atoms with E-state index >= 15 is 0 Å². The van der Waals surface area contributed by atoms with E-state index in [2.05, 4.69) is 31.0 Å². The van der Waals surface area contributed by atoms with Crippen LogP contribution in [0.5, 0.6) is 5.75 Å². The van der Waals surface area contributed by atoms with Crippen LogP contribution in [-0.2, 0) is 11.2 Å². The normalized spacial score (nSPS) is 17.9. The Kier molecular flexibility index (Phi) is 12.3. The van der Waals surface area contributed by atoms with Gasteiger partial charge in [0.05, 0.1) is 11.6 Å². The van der Waals surface area contributed by atoms with Crippen molar-refractivity contribution in [3.63, 3.8) is 0 Å². The summed E-state index contributed by atoms with van der Waals surface area (Å²) in [5.41, 5.74) is 3.33. The van der Waals surface area contributed by atoms with Crippen LogP contribution in [0.4, 0.5) is 0 Å². The molecule has 1 aromatic heterocycles. The zero-order valence-electron chi connectivity index (χ0n) is 22.3. The van der Waals surface area contributed by atoms with E-state index in [0.717, 1.165) is 36.4 Å². The van der Waals surface area contributed by atoms with Crippen LogP contribution in [0.25, 0.3) is 11.3 Å². The fourth-order valence-corrected chi connectivity index (χ4v) is 5.29. The van der Waals surface area contributed by atoms with Gasteiger partial charge >= 0.3 is 5.97 Å². The number of benzene rings is 1. The van der Waals surface area contributed by atoms with Gasteiger partial charge in [-0.15, -0.1) is 0 Å². The average Bonchev–Trinajstić information content (AvgIpc) is 2.90. The van der Waals surface area contributed by atoms with Crippen molar-refractivity contribution in [3.8, 4) is 17.0 Å². The molecule has 0 amide bonds. The summed E-state index contributed by atoms with van der Waals surface area (Å²) in [5.74, 6) is 1.45. The van der Waals surface area contributed by atoms with Crippen molar-refractivity contribution in [1.29, 1.82) is 0 Å². The molecule has 2 aromatic rings. The second kappa shape index (κ2) is 15.8. The van der Waals surface area contributed by atoms with Gasteiger partial charge in [0.2, 0.25) is 0 Å². The first-order valence-electron chi connectivity index (χ1n) is 14.5. The Morgan fingerprint density at radius 1 is 0.800 bits per heavy atom. The molecular formula is C32H47NO2. The van der Waals surface area contributed by atoms with Crippen LogP contribution in [0.2, 0.25) is 0 Å². The molecule has 1 saturated carbocycles. The average molecular weight is 478 g/mol. The number of rotatable bonds is 15. The summed E-state index contributed by atoms with van der Waals surface area (Å²) in [7, 11) is 0. The molecule has 192 valence electrons. The molecule has 0 saturated heterocycles. The van der Waals surface area contributed by atoms with Crippen LogP contribution in [-0.4, -0.2) is 11.0 Å².